The molecule has 0 unspecified atom stereocenters. The lowest BCUT2D eigenvalue weighted by molar-refractivity contribution is 0.128. The van der Waals surface area contributed by atoms with E-state index in [4.69, 9.17) is 28.9 Å². The average Bonchev–Trinajstić information content (AvgIpc) is 2.00. The number of halogens is 5. The monoisotopic (exact) mass is 275 g/mol. The molecule has 0 fully saturated rings. The van der Waals surface area contributed by atoms with Gasteiger partial charge in [0.15, 0.2) is 0 Å². The molecule has 1 atom stereocenters. The van der Waals surface area contributed by atoms with Crippen LogP contribution < -0.4 is 5.73 Å². The minimum Gasteiger partial charge on any atom is -0.324 e. The maximum Gasteiger partial charge on any atom is 0.240 e. The van der Waals surface area contributed by atoms with Crippen molar-refractivity contribution in [1.82, 2.24) is 0 Å². The Morgan fingerprint density at radius 2 is 1.60 bits per heavy atom. The molecule has 0 heterocycles. The number of rotatable bonds is 3. The topological polar surface area (TPSA) is 26.0 Å². The highest BCUT2D eigenvalue weighted by Gasteiger charge is 2.13. The lowest BCUT2D eigenvalue weighted by atomic mass is 10.1. The van der Waals surface area contributed by atoms with Gasteiger partial charge in [-0.05, 0) is 23.8 Å². The van der Waals surface area contributed by atoms with Gasteiger partial charge in [-0.3, -0.25) is 0 Å². The van der Waals surface area contributed by atoms with Crippen molar-refractivity contribution >= 4 is 35.6 Å². The van der Waals surface area contributed by atoms with E-state index in [0.29, 0.717) is 15.6 Å². The molecule has 0 aliphatic carbocycles. The Hall–Kier alpha value is -0.0900. The smallest absolute Gasteiger partial charge is 0.240 e. The van der Waals surface area contributed by atoms with Crippen molar-refractivity contribution < 1.29 is 8.78 Å². The van der Waals surface area contributed by atoms with Gasteiger partial charge in [0.05, 0.1) is 0 Å². The van der Waals surface area contributed by atoms with Crippen LogP contribution in [0.2, 0.25) is 10.0 Å². The van der Waals surface area contributed by atoms with Crippen molar-refractivity contribution in [2.24, 2.45) is 5.73 Å². The predicted molar refractivity (Wildman–Crippen MR) is 61.3 cm³/mol. The maximum atomic E-state index is 12.0. The van der Waals surface area contributed by atoms with Gasteiger partial charge in [-0.1, -0.05) is 23.2 Å². The van der Waals surface area contributed by atoms with Crippen LogP contribution >= 0.6 is 35.6 Å². The Labute approximate surface area is 103 Å². The summed E-state index contributed by atoms with van der Waals surface area (Å²) in [6.07, 6.45) is -2.82. The molecule has 0 aliphatic rings. The molecule has 0 saturated carbocycles. The molecule has 0 aromatic heterocycles. The van der Waals surface area contributed by atoms with Gasteiger partial charge in [0.2, 0.25) is 6.43 Å². The normalized spacial score (nSPS) is 12.4. The van der Waals surface area contributed by atoms with Crippen LogP contribution in [0.4, 0.5) is 8.78 Å². The molecule has 0 saturated heterocycles. The third-order valence-corrected chi connectivity index (χ3v) is 2.18. The van der Waals surface area contributed by atoms with Gasteiger partial charge in [0.1, 0.15) is 0 Å². The summed E-state index contributed by atoms with van der Waals surface area (Å²) in [7, 11) is 0. The highest BCUT2D eigenvalue weighted by molar-refractivity contribution is 6.34. The summed E-state index contributed by atoms with van der Waals surface area (Å²) in [5.41, 5.74) is 6.07. The second kappa shape index (κ2) is 6.48. The molecule has 1 aromatic carbocycles. The third-order valence-electron chi connectivity index (χ3n) is 1.75. The Morgan fingerprint density at radius 1 is 1.13 bits per heavy atom. The molecule has 0 spiro atoms. The Bertz CT molecular complexity index is 300. The van der Waals surface area contributed by atoms with E-state index in [1.165, 1.54) is 6.07 Å². The van der Waals surface area contributed by atoms with Crippen molar-refractivity contribution in [3.63, 3.8) is 0 Å². The molecule has 86 valence electrons. The van der Waals surface area contributed by atoms with Crippen molar-refractivity contribution in [2.75, 3.05) is 0 Å². The second-order valence-corrected chi connectivity index (χ2v) is 3.81. The van der Waals surface area contributed by atoms with Crippen molar-refractivity contribution in [3.05, 3.63) is 33.8 Å². The van der Waals surface area contributed by atoms with E-state index in [9.17, 15) is 8.78 Å². The van der Waals surface area contributed by atoms with Gasteiger partial charge in [-0.2, -0.15) is 0 Å². The molecule has 1 rings (SSSR count). The Morgan fingerprint density at radius 3 is 2.00 bits per heavy atom. The van der Waals surface area contributed by atoms with Gasteiger partial charge < -0.3 is 5.73 Å². The van der Waals surface area contributed by atoms with Gasteiger partial charge in [-0.15, -0.1) is 12.4 Å². The van der Waals surface area contributed by atoms with Gasteiger partial charge in [0, 0.05) is 22.5 Å². The average molecular weight is 277 g/mol. The molecule has 1 aromatic rings. The minimum atomic E-state index is -2.43. The van der Waals surface area contributed by atoms with E-state index in [0.717, 1.165) is 0 Å². The van der Waals surface area contributed by atoms with Crippen molar-refractivity contribution in [1.29, 1.82) is 0 Å². The fourth-order valence-corrected chi connectivity index (χ4v) is 1.66. The molecular weight excluding hydrogens is 266 g/mol. The largest absolute Gasteiger partial charge is 0.324 e. The minimum absolute atomic E-state index is 0. The summed E-state index contributed by atoms with van der Waals surface area (Å²) in [5, 5.41) is 0.800. The van der Waals surface area contributed by atoms with E-state index in [2.05, 4.69) is 0 Å². The van der Waals surface area contributed by atoms with E-state index < -0.39 is 18.9 Å². The van der Waals surface area contributed by atoms with Gasteiger partial charge in [0.25, 0.3) is 0 Å². The molecular formula is C9H10Cl3F2N. The molecule has 0 radical (unpaired) electrons. The first-order chi connectivity index (χ1) is 6.49. The number of nitrogens with two attached hydrogens (primary N) is 1. The van der Waals surface area contributed by atoms with Crippen LogP contribution in [-0.2, 0) is 0 Å². The Balaban J connectivity index is 0.00000196. The highest BCUT2D eigenvalue weighted by Crippen LogP contribution is 2.25. The molecule has 0 bridgehead atoms. The van der Waals surface area contributed by atoms with Gasteiger partial charge >= 0.3 is 0 Å². The van der Waals surface area contributed by atoms with Crippen molar-refractivity contribution in [3.8, 4) is 0 Å². The van der Waals surface area contributed by atoms with Crippen LogP contribution in [0.25, 0.3) is 0 Å². The van der Waals surface area contributed by atoms with Crippen LogP contribution in [0.5, 0.6) is 0 Å². The highest BCUT2D eigenvalue weighted by atomic mass is 35.5. The van der Waals surface area contributed by atoms with Crippen molar-refractivity contribution in [2.45, 2.75) is 18.9 Å². The molecule has 6 heteroatoms. The summed E-state index contributed by atoms with van der Waals surface area (Å²) < 4.78 is 24.1. The summed E-state index contributed by atoms with van der Waals surface area (Å²) in [6.45, 7) is 0. The van der Waals surface area contributed by atoms with Crippen LogP contribution in [0, 0.1) is 0 Å². The van der Waals surface area contributed by atoms with E-state index >= 15 is 0 Å². The summed E-state index contributed by atoms with van der Waals surface area (Å²) >= 11 is 11.4. The summed E-state index contributed by atoms with van der Waals surface area (Å²) in [5.74, 6) is 0. The SMILES string of the molecule is Cl.N[C@@H](CC(F)F)c1cc(Cl)cc(Cl)c1. The molecule has 2 N–H and O–H groups in total. The zero-order valence-electron chi connectivity index (χ0n) is 7.59. The van der Waals surface area contributed by atoms with Crippen LogP contribution in [0.15, 0.2) is 18.2 Å². The van der Waals surface area contributed by atoms with E-state index in [1.807, 2.05) is 0 Å². The summed E-state index contributed by atoms with van der Waals surface area (Å²) in [4.78, 5) is 0. The number of hydrogen-bond donors (Lipinski definition) is 1. The molecule has 1 nitrogen and oxygen atoms in total. The number of benzene rings is 1. The first-order valence-corrected chi connectivity index (χ1v) is 4.74. The Kier molecular flexibility index (Phi) is 6.44. The number of alkyl halides is 2. The zero-order valence-corrected chi connectivity index (χ0v) is 9.92. The third kappa shape index (κ3) is 4.98. The lowest BCUT2D eigenvalue weighted by Crippen LogP contribution is -2.13. The molecule has 0 amide bonds. The molecule has 0 aliphatic heterocycles. The first kappa shape index (κ1) is 14.9. The van der Waals surface area contributed by atoms with Gasteiger partial charge in [-0.25, -0.2) is 8.78 Å². The predicted octanol–water partition coefficient (Wildman–Crippen LogP) is 4.07. The van der Waals surface area contributed by atoms with Crippen LogP contribution in [0.3, 0.4) is 0 Å². The standard InChI is InChI=1S/C9H9Cl2F2N.ClH/c10-6-1-5(2-7(11)3-6)8(14)4-9(12)13;/h1-3,8-9H,4,14H2;1H/t8-;/m0./s1. The molecule has 15 heavy (non-hydrogen) atoms. The lowest BCUT2D eigenvalue weighted by Gasteiger charge is -2.11. The number of hydrogen-bond acceptors (Lipinski definition) is 1. The maximum absolute atomic E-state index is 12.0. The first-order valence-electron chi connectivity index (χ1n) is 3.98. The fourth-order valence-electron chi connectivity index (χ4n) is 1.12. The quantitative estimate of drug-likeness (QED) is 0.885. The van der Waals surface area contributed by atoms with Crippen LogP contribution in [0.1, 0.15) is 18.0 Å². The second-order valence-electron chi connectivity index (χ2n) is 2.94. The zero-order chi connectivity index (χ0) is 10.7. The summed E-state index contributed by atoms with van der Waals surface area (Å²) in [6, 6.07) is 3.88. The fraction of sp³-hybridized carbons (Fsp3) is 0.333. The van der Waals surface area contributed by atoms with E-state index in [-0.39, 0.29) is 12.4 Å². The van der Waals surface area contributed by atoms with E-state index in [1.54, 1.807) is 12.1 Å². The van der Waals surface area contributed by atoms with Crippen LogP contribution in [-0.4, -0.2) is 6.43 Å².